The Hall–Kier alpha value is -1.64. The summed E-state index contributed by atoms with van der Waals surface area (Å²) < 4.78 is 0. The first-order chi connectivity index (χ1) is 5.77. The molecule has 0 spiro atoms. The first kappa shape index (κ1) is 7.03. The van der Waals surface area contributed by atoms with E-state index in [1.54, 1.807) is 6.20 Å². The van der Waals surface area contributed by atoms with Crippen molar-refractivity contribution >= 4 is 11.5 Å². The van der Waals surface area contributed by atoms with Crippen LogP contribution < -0.4 is 5.73 Å². The monoisotopic (exact) mass is 159 g/mol. The summed E-state index contributed by atoms with van der Waals surface area (Å²) in [6, 6.07) is 0. The van der Waals surface area contributed by atoms with Crippen LogP contribution in [0.5, 0.6) is 0 Å². The Kier molecular flexibility index (Phi) is 1.43. The van der Waals surface area contributed by atoms with Gasteiger partial charge in [0.15, 0.2) is 0 Å². The van der Waals surface area contributed by atoms with Crippen molar-refractivity contribution < 1.29 is 0 Å². The number of amidine groups is 1. The Labute approximate surface area is 70.5 Å². The smallest absolute Gasteiger partial charge is 0.122 e. The normalized spacial score (nSPS) is 19.5. The van der Waals surface area contributed by atoms with Gasteiger partial charge < -0.3 is 5.73 Å². The Balaban J connectivity index is 2.36. The molecule has 0 fully saturated rings. The zero-order chi connectivity index (χ0) is 8.55. The van der Waals surface area contributed by atoms with Crippen LogP contribution in [0.4, 0.5) is 0 Å². The van der Waals surface area contributed by atoms with Gasteiger partial charge in [-0.15, -0.1) is 0 Å². The molecule has 2 aliphatic rings. The average Bonchev–Trinajstić information content (AvgIpc) is 2.49. The number of fused-ring (bicyclic) bond motifs is 1. The van der Waals surface area contributed by atoms with E-state index in [1.165, 1.54) is 0 Å². The molecule has 1 heterocycles. The van der Waals surface area contributed by atoms with Gasteiger partial charge in [-0.3, -0.25) is 10.4 Å². The van der Waals surface area contributed by atoms with Gasteiger partial charge in [-0.1, -0.05) is 6.08 Å². The lowest BCUT2D eigenvalue weighted by Crippen LogP contribution is -2.15. The highest BCUT2D eigenvalue weighted by molar-refractivity contribution is 6.10. The molecule has 0 saturated carbocycles. The van der Waals surface area contributed by atoms with Crippen molar-refractivity contribution in [2.24, 2.45) is 10.7 Å². The second kappa shape index (κ2) is 2.44. The summed E-state index contributed by atoms with van der Waals surface area (Å²) >= 11 is 0. The molecule has 12 heavy (non-hydrogen) atoms. The number of rotatable bonds is 1. The standard InChI is InChI=1S/C9H9N3/c10-9(11)7-1-2-8-6(5-7)3-4-12-8/h1,3-5H,2H2,(H3,10,11). The fourth-order valence-electron chi connectivity index (χ4n) is 1.30. The molecular formula is C9H9N3. The highest BCUT2D eigenvalue weighted by atomic mass is 14.7. The predicted molar refractivity (Wildman–Crippen MR) is 49.3 cm³/mol. The fraction of sp³-hybridized carbons (Fsp3) is 0.111. The van der Waals surface area contributed by atoms with E-state index >= 15 is 0 Å². The summed E-state index contributed by atoms with van der Waals surface area (Å²) in [7, 11) is 0. The van der Waals surface area contributed by atoms with Crippen molar-refractivity contribution in [3.05, 3.63) is 35.6 Å². The van der Waals surface area contributed by atoms with E-state index in [0.29, 0.717) is 0 Å². The van der Waals surface area contributed by atoms with Gasteiger partial charge in [-0.05, 0) is 17.7 Å². The van der Waals surface area contributed by atoms with Gasteiger partial charge >= 0.3 is 0 Å². The molecule has 0 saturated heterocycles. The maximum absolute atomic E-state index is 7.24. The third-order valence-corrected chi connectivity index (χ3v) is 1.96. The van der Waals surface area contributed by atoms with Crippen molar-refractivity contribution in [2.45, 2.75) is 6.42 Å². The fourth-order valence-corrected chi connectivity index (χ4v) is 1.30. The quantitative estimate of drug-likeness (QED) is 0.437. The van der Waals surface area contributed by atoms with Gasteiger partial charge in [-0.2, -0.15) is 0 Å². The maximum Gasteiger partial charge on any atom is 0.122 e. The topological polar surface area (TPSA) is 62.2 Å². The SMILES string of the molecule is N=C(N)C1=CCC2=NC=CC2=C1. The molecule has 0 aromatic carbocycles. The molecule has 3 nitrogen and oxygen atoms in total. The third kappa shape index (κ3) is 0.993. The summed E-state index contributed by atoms with van der Waals surface area (Å²) in [6.45, 7) is 0. The lowest BCUT2D eigenvalue weighted by Gasteiger charge is -2.08. The number of aliphatic imine (C=N–C) groups is 1. The third-order valence-electron chi connectivity index (χ3n) is 1.96. The molecule has 0 radical (unpaired) electrons. The van der Waals surface area contributed by atoms with E-state index in [9.17, 15) is 0 Å². The van der Waals surface area contributed by atoms with Gasteiger partial charge in [0.2, 0.25) is 0 Å². The molecule has 2 rings (SSSR count). The molecule has 0 atom stereocenters. The predicted octanol–water partition coefficient (Wildman–Crippen LogP) is 1.15. The molecule has 0 unspecified atom stereocenters. The zero-order valence-electron chi connectivity index (χ0n) is 6.54. The zero-order valence-corrected chi connectivity index (χ0v) is 6.54. The van der Waals surface area contributed by atoms with Crippen LogP contribution in [0.3, 0.4) is 0 Å². The van der Waals surface area contributed by atoms with Crippen molar-refractivity contribution in [3.63, 3.8) is 0 Å². The molecule has 1 aliphatic carbocycles. The van der Waals surface area contributed by atoms with Crippen LogP contribution >= 0.6 is 0 Å². The van der Waals surface area contributed by atoms with E-state index in [-0.39, 0.29) is 5.84 Å². The van der Waals surface area contributed by atoms with Gasteiger partial charge in [0.25, 0.3) is 0 Å². The Bertz CT molecular complexity index is 356. The Morgan fingerprint density at radius 3 is 3.17 bits per heavy atom. The van der Waals surface area contributed by atoms with Crippen LogP contribution in [-0.2, 0) is 0 Å². The largest absolute Gasteiger partial charge is 0.384 e. The molecule has 3 heteroatoms. The minimum atomic E-state index is 0.127. The summed E-state index contributed by atoms with van der Waals surface area (Å²) in [5, 5.41) is 7.24. The lowest BCUT2D eigenvalue weighted by atomic mass is 9.98. The summed E-state index contributed by atoms with van der Waals surface area (Å²) in [5.41, 5.74) is 8.31. The summed E-state index contributed by atoms with van der Waals surface area (Å²) in [5.74, 6) is 0.127. The van der Waals surface area contributed by atoms with Crippen LogP contribution in [0.1, 0.15) is 6.42 Å². The second-order valence-corrected chi connectivity index (χ2v) is 2.77. The van der Waals surface area contributed by atoms with Crippen LogP contribution in [0.25, 0.3) is 0 Å². The molecule has 60 valence electrons. The highest BCUT2D eigenvalue weighted by Gasteiger charge is 2.13. The average molecular weight is 159 g/mol. The Morgan fingerprint density at radius 2 is 2.42 bits per heavy atom. The van der Waals surface area contributed by atoms with Crippen LogP contribution in [-0.4, -0.2) is 11.5 Å². The van der Waals surface area contributed by atoms with Crippen LogP contribution in [0.15, 0.2) is 40.6 Å². The molecule has 0 amide bonds. The second-order valence-electron chi connectivity index (χ2n) is 2.77. The lowest BCUT2D eigenvalue weighted by molar-refractivity contribution is 1.35. The molecule has 3 N–H and O–H groups in total. The van der Waals surface area contributed by atoms with E-state index in [4.69, 9.17) is 11.1 Å². The number of nitrogens with zero attached hydrogens (tertiary/aromatic N) is 1. The number of allylic oxidation sites excluding steroid dienone is 3. The van der Waals surface area contributed by atoms with E-state index < -0.39 is 0 Å². The summed E-state index contributed by atoms with van der Waals surface area (Å²) in [6.07, 6.45) is 8.32. The van der Waals surface area contributed by atoms with Gasteiger partial charge in [0, 0.05) is 18.2 Å². The van der Waals surface area contributed by atoms with Crippen LogP contribution in [0, 0.1) is 5.41 Å². The minimum Gasteiger partial charge on any atom is -0.384 e. The van der Waals surface area contributed by atoms with Gasteiger partial charge in [0.1, 0.15) is 5.84 Å². The number of hydrogen-bond acceptors (Lipinski definition) is 2. The van der Waals surface area contributed by atoms with Crippen molar-refractivity contribution in [1.82, 2.24) is 0 Å². The van der Waals surface area contributed by atoms with E-state index in [1.807, 2.05) is 18.2 Å². The molecule has 0 bridgehead atoms. The van der Waals surface area contributed by atoms with Crippen molar-refractivity contribution in [1.29, 1.82) is 5.41 Å². The van der Waals surface area contributed by atoms with Crippen LogP contribution in [0.2, 0.25) is 0 Å². The minimum absolute atomic E-state index is 0.127. The molecular weight excluding hydrogens is 150 g/mol. The maximum atomic E-state index is 7.24. The van der Waals surface area contributed by atoms with E-state index in [0.717, 1.165) is 23.3 Å². The highest BCUT2D eigenvalue weighted by Crippen LogP contribution is 2.20. The van der Waals surface area contributed by atoms with Crippen molar-refractivity contribution in [3.8, 4) is 0 Å². The van der Waals surface area contributed by atoms with Crippen molar-refractivity contribution in [2.75, 3.05) is 0 Å². The van der Waals surface area contributed by atoms with Gasteiger partial charge in [0.05, 0.1) is 5.71 Å². The molecule has 1 aliphatic heterocycles. The number of hydrogen-bond donors (Lipinski definition) is 2. The first-order valence-corrected chi connectivity index (χ1v) is 3.77. The number of nitrogens with one attached hydrogen (secondary N) is 1. The first-order valence-electron chi connectivity index (χ1n) is 3.77. The summed E-state index contributed by atoms with van der Waals surface area (Å²) in [4.78, 5) is 4.16. The van der Waals surface area contributed by atoms with E-state index in [2.05, 4.69) is 4.99 Å². The molecule has 0 aromatic heterocycles. The molecule has 0 aromatic rings. The Morgan fingerprint density at radius 1 is 1.58 bits per heavy atom. The number of nitrogens with two attached hydrogens (primary N) is 1. The van der Waals surface area contributed by atoms with Gasteiger partial charge in [-0.25, -0.2) is 0 Å².